The van der Waals surface area contributed by atoms with Crippen LogP contribution in [0.3, 0.4) is 0 Å². The highest BCUT2D eigenvalue weighted by Gasteiger charge is 2.23. The number of hydrogen-bond acceptors (Lipinski definition) is 2. The van der Waals surface area contributed by atoms with Crippen molar-refractivity contribution in [3.63, 3.8) is 0 Å². The summed E-state index contributed by atoms with van der Waals surface area (Å²) in [7, 11) is 1.47. The van der Waals surface area contributed by atoms with Crippen molar-refractivity contribution >= 4 is 5.91 Å². The maximum absolute atomic E-state index is 10.8. The fourth-order valence-electron chi connectivity index (χ4n) is 0.862. The van der Waals surface area contributed by atoms with Crippen molar-refractivity contribution in [1.82, 2.24) is 5.06 Å². The van der Waals surface area contributed by atoms with Gasteiger partial charge in [-0.2, -0.15) is 5.06 Å². The smallest absolute Gasteiger partial charge is 0.250 e. The third kappa shape index (κ3) is 0.954. The molecule has 0 unspecified atom stereocenters. The predicted octanol–water partition coefficient (Wildman–Crippen LogP) is 0.684. The molecule has 3 heteroatoms. The maximum Gasteiger partial charge on any atom is 0.250 e. The highest BCUT2D eigenvalue weighted by molar-refractivity contribution is 5.79. The van der Waals surface area contributed by atoms with Crippen molar-refractivity contribution in [3.8, 4) is 0 Å². The van der Waals surface area contributed by atoms with Gasteiger partial charge in [-0.3, -0.25) is 9.63 Å². The van der Waals surface area contributed by atoms with Crippen LogP contribution < -0.4 is 0 Å². The van der Waals surface area contributed by atoms with Gasteiger partial charge in [0.1, 0.15) is 0 Å². The minimum atomic E-state index is 0.00231. The standard InChI is InChI=1S/C6H9NO2/c1-5-3-4-6(8)7(5)9-2/h1,3-4H2,2H3. The summed E-state index contributed by atoms with van der Waals surface area (Å²) in [5.74, 6) is 0.00231. The molecule has 1 aliphatic rings. The Morgan fingerprint density at radius 1 is 1.67 bits per heavy atom. The van der Waals surface area contributed by atoms with Crippen molar-refractivity contribution < 1.29 is 9.63 Å². The van der Waals surface area contributed by atoms with E-state index in [4.69, 9.17) is 4.84 Å². The number of nitrogens with zero attached hydrogens (tertiary/aromatic N) is 1. The highest BCUT2D eigenvalue weighted by atomic mass is 16.7. The highest BCUT2D eigenvalue weighted by Crippen LogP contribution is 2.19. The zero-order valence-electron chi connectivity index (χ0n) is 5.39. The molecule has 0 aromatic heterocycles. The molecule has 50 valence electrons. The second-order valence-corrected chi connectivity index (χ2v) is 1.94. The van der Waals surface area contributed by atoms with E-state index in [9.17, 15) is 4.79 Å². The summed E-state index contributed by atoms with van der Waals surface area (Å²) in [5.41, 5.74) is 0.752. The first-order valence-corrected chi connectivity index (χ1v) is 2.80. The second kappa shape index (κ2) is 2.19. The van der Waals surface area contributed by atoms with Gasteiger partial charge in [-0.1, -0.05) is 6.58 Å². The molecule has 0 aliphatic carbocycles. The van der Waals surface area contributed by atoms with Gasteiger partial charge in [0, 0.05) is 12.1 Å². The van der Waals surface area contributed by atoms with Crippen LogP contribution in [-0.4, -0.2) is 18.1 Å². The molecule has 1 heterocycles. The predicted molar refractivity (Wildman–Crippen MR) is 32.2 cm³/mol. The van der Waals surface area contributed by atoms with Crippen molar-refractivity contribution in [2.45, 2.75) is 12.8 Å². The van der Waals surface area contributed by atoms with Gasteiger partial charge in [-0.05, 0) is 6.42 Å². The van der Waals surface area contributed by atoms with E-state index in [1.807, 2.05) is 0 Å². The third-order valence-electron chi connectivity index (χ3n) is 1.32. The van der Waals surface area contributed by atoms with Crippen LogP contribution in [0.2, 0.25) is 0 Å². The van der Waals surface area contributed by atoms with Crippen LogP contribution in [-0.2, 0) is 9.63 Å². The van der Waals surface area contributed by atoms with Crippen molar-refractivity contribution in [2.24, 2.45) is 0 Å². The Balaban J connectivity index is 2.66. The van der Waals surface area contributed by atoms with Gasteiger partial charge in [0.15, 0.2) is 0 Å². The Bertz CT molecular complexity index is 137. The summed E-state index contributed by atoms with van der Waals surface area (Å²) in [5, 5.41) is 1.24. The Kier molecular flexibility index (Phi) is 1.53. The fraction of sp³-hybridized carbons (Fsp3) is 0.500. The number of rotatable bonds is 1. The lowest BCUT2D eigenvalue weighted by Gasteiger charge is -2.11. The van der Waals surface area contributed by atoms with Crippen LogP contribution in [0.15, 0.2) is 12.3 Å². The molecule has 0 spiro atoms. The molecule has 0 aromatic carbocycles. The Labute approximate surface area is 53.9 Å². The molecule has 3 nitrogen and oxygen atoms in total. The summed E-state index contributed by atoms with van der Waals surface area (Å²) in [6.07, 6.45) is 1.26. The molecular weight excluding hydrogens is 118 g/mol. The summed E-state index contributed by atoms with van der Waals surface area (Å²) < 4.78 is 0. The van der Waals surface area contributed by atoms with Crippen LogP contribution in [0.1, 0.15) is 12.8 Å². The zero-order chi connectivity index (χ0) is 6.85. The van der Waals surface area contributed by atoms with Crippen LogP contribution in [0.4, 0.5) is 0 Å². The average molecular weight is 127 g/mol. The monoisotopic (exact) mass is 127 g/mol. The molecule has 1 aliphatic heterocycles. The van der Waals surface area contributed by atoms with E-state index in [2.05, 4.69) is 6.58 Å². The first kappa shape index (κ1) is 6.29. The molecule has 0 bridgehead atoms. The molecular formula is C6H9NO2. The molecule has 1 rings (SSSR count). The van der Waals surface area contributed by atoms with Crippen molar-refractivity contribution in [3.05, 3.63) is 12.3 Å². The SMILES string of the molecule is C=C1CCC(=O)N1OC. The van der Waals surface area contributed by atoms with Crippen LogP contribution in [0.5, 0.6) is 0 Å². The Morgan fingerprint density at radius 2 is 2.33 bits per heavy atom. The summed E-state index contributed by atoms with van der Waals surface area (Å²) in [6, 6.07) is 0. The minimum absolute atomic E-state index is 0.00231. The summed E-state index contributed by atoms with van der Waals surface area (Å²) in [4.78, 5) is 15.5. The number of carbonyl (C=O) groups is 1. The van der Waals surface area contributed by atoms with E-state index in [-0.39, 0.29) is 5.91 Å². The van der Waals surface area contributed by atoms with E-state index in [1.165, 1.54) is 12.2 Å². The first-order chi connectivity index (χ1) is 4.25. The lowest BCUT2D eigenvalue weighted by atomic mass is 10.3. The molecule has 1 fully saturated rings. The molecule has 0 aromatic rings. The summed E-state index contributed by atoms with van der Waals surface area (Å²) >= 11 is 0. The van der Waals surface area contributed by atoms with Crippen molar-refractivity contribution in [1.29, 1.82) is 0 Å². The average Bonchev–Trinajstić information content (AvgIpc) is 2.12. The normalized spacial score (nSPS) is 19.4. The molecule has 0 saturated carbocycles. The van der Waals surface area contributed by atoms with E-state index < -0.39 is 0 Å². The van der Waals surface area contributed by atoms with Crippen LogP contribution in [0, 0.1) is 0 Å². The number of hydroxylamine groups is 2. The second-order valence-electron chi connectivity index (χ2n) is 1.94. The van der Waals surface area contributed by atoms with E-state index in [0.717, 1.165) is 12.1 Å². The van der Waals surface area contributed by atoms with Gasteiger partial charge in [0.25, 0.3) is 5.91 Å². The number of carbonyl (C=O) groups excluding carboxylic acids is 1. The van der Waals surface area contributed by atoms with Gasteiger partial charge in [0.2, 0.25) is 0 Å². The molecule has 0 atom stereocenters. The molecule has 1 saturated heterocycles. The molecule has 0 radical (unpaired) electrons. The van der Waals surface area contributed by atoms with Gasteiger partial charge in [-0.25, -0.2) is 0 Å². The number of allylic oxidation sites excluding steroid dienone is 1. The first-order valence-electron chi connectivity index (χ1n) is 2.80. The van der Waals surface area contributed by atoms with E-state index in [1.54, 1.807) is 0 Å². The van der Waals surface area contributed by atoms with Crippen molar-refractivity contribution in [2.75, 3.05) is 7.11 Å². The van der Waals surface area contributed by atoms with Gasteiger partial charge < -0.3 is 0 Å². The van der Waals surface area contributed by atoms with Crippen LogP contribution >= 0.6 is 0 Å². The fourth-order valence-corrected chi connectivity index (χ4v) is 0.862. The van der Waals surface area contributed by atoms with Gasteiger partial charge in [-0.15, -0.1) is 0 Å². The third-order valence-corrected chi connectivity index (χ3v) is 1.32. The Hall–Kier alpha value is -0.830. The molecule has 0 N–H and O–H groups in total. The zero-order valence-corrected chi connectivity index (χ0v) is 5.39. The quantitative estimate of drug-likeness (QED) is 0.518. The Morgan fingerprint density at radius 3 is 2.56 bits per heavy atom. The van der Waals surface area contributed by atoms with E-state index >= 15 is 0 Å². The van der Waals surface area contributed by atoms with E-state index in [0.29, 0.717) is 6.42 Å². The lowest BCUT2D eigenvalue weighted by molar-refractivity contribution is -0.159. The number of hydrogen-bond donors (Lipinski definition) is 0. The summed E-state index contributed by atoms with van der Waals surface area (Å²) in [6.45, 7) is 3.64. The van der Waals surface area contributed by atoms with Gasteiger partial charge in [0.05, 0.1) is 7.11 Å². The topological polar surface area (TPSA) is 29.5 Å². The molecule has 9 heavy (non-hydrogen) atoms. The minimum Gasteiger partial charge on any atom is -0.272 e. The largest absolute Gasteiger partial charge is 0.272 e. The molecule has 1 amide bonds. The number of amides is 1. The van der Waals surface area contributed by atoms with Crippen LogP contribution in [0.25, 0.3) is 0 Å². The maximum atomic E-state index is 10.8. The lowest BCUT2D eigenvalue weighted by Crippen LogP contribution is -2.20. The van der Waals surface area contributed by atoms with Gasteiger partial charge >= 0.3 is 0 Å².